The number of hydrogen-bond donors (Lipinski definition) is 1. The monoisotopic (exact) mass is 484 g/mol. The molecule has 7 heteroatoms. The van der Waals surface area contributed by atoms with Gasteiger partial charge >= 0.3 is 6.09 Å². The van der Waals surface area contributed by atoms with Crippen LogP contribution >= 0.6 is 0 Å². The molecule has 4 rings (SSSR count). The van der Waals surface area contributed by atoms with Crippen molar-refractivity contribution >= 4 is 6.09 Å². The van der Waals surface area contributed by atoms with Crippen LogP contribution in [0, 0.1) is 5.82 Å². The van der Waals surface area contributed by atoms with Crippen LogP contribution in [0.1, 0.15) is 56.1 Å². The van der Waals surface area contributed by atoms with Crippen molar-refractivity contribution in [2.75, 3.05) is 20.8 Å². The third kappa shape index (κ3) is 6.33. The van der Waals surface area contributed by atoms with E-state index in [1.807, 2.05) is 35.2 Å². The van der Waals surface area contributed by atoms with Gasteiger partial charge in [0.25, 0.3) is 0 Å². The number of halogens is 1. The van der Waals surface area contributed by atoms with Crippen molar-refractivity contribution in [1.29, 1.82) is 0 Å². The maximum absolute atomic E-state index is 13.6. The lowest BCUT2D eigenvalue weighted by Gasteiger charge is -2.33. The summed E-state index contributed by atoms with van der Waals surface area (Å²) in [6, 6.07) is 15.0. The van der Waals surface area contributed by atoms with E-state index in [2.05, 4.69) is 12.2 Å². The highest BCUT2D eigenvalue weighted by Crippen LogP contribution is 2.35. The van der Waals surface area contributed by atoms with Crippen LogP contribution in [0.2, 0.25) is 0 Å². The Hall–Kier alpha value is -2.64. The summed E-state index contributed by atoms with van der Waals surface area (Å²) < 4.78 is 30.3. The molecule has 35 heavy (non-hydrogen) atoms. The second kappa shape index (κ2) is 11.9. The van der Waals surface area contributed by atoms with E-state index >= 15 is 0 Å². The molecule has 3 atom stereocenters. The van der Waals surface area contributed by atoms with Gasteiger partial charge in [0.15, 0.2) is 0 Å². The van der Waals surface area contributed by atoms with Crippen LogP contribution in [0.15, 0.2) is 48.5 Å². The lowest BCUT2D eigenvalue weighted by Crippen LogP contribution is -2.49. The van der Waals surface area contributed by atoms with Crippen LogP contribution in [0.5, 0.6) is 5.75 Å². The standard InChI is InChI=1S/C28H37FN2O4/c1-19-15-26(30-17-20-7-11-24(33-2)12-8-20)27(31(19)28(32)34-3)18-35-25-13-9-21(10-14-25)22-5-4-6-23(29)16-22/h4-8,11-12,16,19,21,25-27,30H,9-10,13-15,17-18H2,1-3H3/t19?,21?,25?,26-,27-/m0/s1. The Morgan fingerprint density at radius 3 is 2.49 bits per heavy atom. The predicted octanol–water partition coefficient (Wildman–Crippen LogP) is 5.26. The first kappa shape index (κ1) is 25.5. The van der Waals surface area contributed by atoms with Crippen molar-refractivity contribution in [3.63, 3.8) is 0 Å². The maximum Gasteiger partial charge on any atom is 0.410 e. The van der Waals surface area contributed by atoms with E-state index in [1.54, 1.807) is 19.2 Å². The van der Waals surface area contributed by atoms with E-state index in [9.17, 15) is 9.18 Å². The average molecular weight is 485 g/mol. The number of hydrogen-bond acceptors (Lipinski definition) is 5. The summed E-state index contributed by atoms with van der Waals surface area (Å²) in [5.74, 6) is 1.04. The number of carbonyl (C=O) groups excluding carboxylic acids is 1. The molecule has 0 bridgehead atoms. The Kier molecular flexibility index (Phi) is 8.63. The Morgan fingerprint density at radius 2 is 1.83 bits per heavy atom. The highest BCUT2D eigenvalue weighted by atomic mass is 19.1. The minimum absolute atomic E-state index is 0.0631. The summed E-state index contributed by atoms with van der Waals surface area (Å²) in [6.07, 6.45) is 4.51. The van der Waals surface area contributed by atoms with Crippen molar-refractivity contribution in [1.82, 2.24) is 10.2 Å². The molecule has 6 nitrogen and oxygen atoms in total. The fourth-order valence-electron chi connectivity index (χ4n) is 5.55. The molecule has 1 aliphatic carbocycles. The van der Waals surface area contributed by atoms with E-state index in [4.69, 9.17) is 14.2 Å². The Labute approximate surface area is 207 Å². The first-order valence-electron chi connectivity index (χ1n) is 12.6. The fourth-order valence-corrected chi connectivity index (χ4v) is 5.55. The molecule has 0 spiro atoms. The number of nitrogens with zero attached hydrogens (tertiary/aromatic N) is 1. The number of rotatable bonds is 8. The topological polar surface area (TPSA) is 60.0 Å². The summed E-state index contributed by atoms with van der Waals surface area (Å²) in [7, 11) is 3.09. The van der Waals surface area contributed by atoms with Gasteiger partial charge in [-0.3, -0.25) is 4.90 Å². The van der Waals surface area contributed by atoms with Crippen LogP contribution in [0.3, 0.4) is 0 Å². The van der Waals surface area contributed by atoms with Crippen LogP contribution < -0.4 is 10.1 Å². The number of nitrogens with one attached hydrogen (secondary N) is 1. The predicted molar refractivity (Wildman–Crippen MR) is 133 cm³/mol. The highest BCUT2D eigenvalue weighted by molar-refractivity contribution is 5.69. The second-order valence-corrected chi connectivity index (χ2v) is 9.73. The second-order valence-electron chi connectivity index (χ2n) is 9.73. The molecule has 1 unspecified atom stereocenters. The quantitative estimate of drug-likeness (QED) is 0.554. The zero-order valence-corrected chi connectivity index (χ0v) is 20.9. The normalized spacial score (nSPS) is 26.5. The van der Waals surface area contributed by atoms with Crippen LogP contribution in [0.25, 0.3) is 0 Å². The molecular weight excluding hydrogens is 447 g/mol. The van der Waals surface area contributed by atoms with Gasteiger partial charge in [-0.15, -0.1) is 0 Å². The molecule has 1 aliphatic heterocycles. The van der Waals surface area contributed by atoms with Gasteiger partial charge in [0, 0.05) is 18.6 Å². The number of benzene rings is 2. The van der Waals surface area contributed by atoms with Crippen molar-refractivity contribution in [3.05, 3.63) is 65.5 Å². The number of carbonyl (C=O) groups is 1. The van der Waals surface area contributed by atoms with E-state index in [0.29, 0.717) is 19.1 Å². The highest BCUT2D eigenvalue weighted by Gasteiger charge is 2.42. The molecule has 2 aliphatic rings. The third-order valence-corrected chi connectivity index (χ3v) is 7.50. The van der Waals surface area contributed by atoms with Gasteiger partial charge in [-0.05, 0) is 80.3 Å². The fraction of sp³-hybridized carbons (Fsp3) is 0.536. The van der Waals surface area contributed by atoms with Crippen molar-refractivity contribution in [2.45, 2.75) is 75.7 Å². The SMILES string of the molecule is COC(=O)N1C(C)C[C@H](NCc2ccc(OC)cc2)[C@@H]1COC1CCC(c2cccc(F)c2)CC1. The number of ether oxygens (including phenoxy) is 3. The van der Waals surface area contributed by atoms with Gasteiger partial charge in [0.05, 0.1) is 33.0 Å². The summed E-state index contributed by atoms with van der Waals surface area (Å²) in [4.78, 5) is 14.4. The van der Waals surface area contributed by atoms with Crippen molar-refractivity contribution in [2.24, 2.45) is 0 Å². The largest absolute Gasteiger partial charge is 0.497 e. The van der Waals surface area contributed by atoms with Gasteiger partial charge < -0.3 is 19.5 Å². The molecule has 190 valence electrons. The zero-order valence-electron chi connectivity index (χ0n) is 20.9. The third-order valence-electron chi connectivity index (χ3n) is 7.50. The molecule has 1 N–H and O–H groups in total. The maximum atomic E-state index is 13.6. The van der Waals surface area contributed by atoms with E-state index in [-0.39, 0.29) is 36.1 Å². The summed E-state index contributed by atoms with van der Waals surface area (Å²) in [6.45, 7) is 3.23. The average Bonchev–Trinajstić information content (AvgIpc) is 3.21. The number of amides is 1. The summed E-state index contributed by atoms with van der Waals surface area (Å²) in [5, 5.41) is 3.64. The summed E-state index contributed by atoms with van der Waals surface area (Å²) in [5.41, 5.74) is 2.23. The van der Waals surface area contributed by atoms with E-state index in [0.717, 1.165) is 49.0 Å². The molecular formula is C28H37FN2O4. The molecule has 0 radical (unpaired) electrons. The van der Waals surface area contributed by atoms with Crippen LogP contribution in [-0.2, 0) is 16.0 Å². The molecule has 2 aromatic carbocycles. The summed E-state index contributed by atoms with van der Waals surface area (Å²) >= 11 is 0. The van der Waals surface area contributed by atoms with Crippen LogP contribution in [-0.4, -0.2) is 56.0 Å². The Balaban J connectivity index is 1.34. The molecule has 0 aromatic heterocycles. The number of methoxy groups -OCH3 is 2. The Bertz CT molecular complexity index is 962. The lowest BCUT2D eigenvalue weighted by atomic mass is 9.82. The van der Waals surface area contributed by atoms with Gasteiger partial charge in [0.1, 0.15) is 11.6 Å². The van der Waals surface area contributed by atoms with Gasteiger partial charge in [-0.1, -0.05) is 24.3 Å². The minimum atomic E-state index is -0.311. The van der Waals surface area contributed by atoms with Gasteiger partial charge in [-0.2, -0.15) is 0 Å². The van der Waals surface area contributed by atoms with E-state index < -0.39 is 0 Å². The van der Waals surface area contributed by atoms with Crippen molar-refractivity contribution in [3.8, 4) is 5.75 Å². The first-order chi connectivity index (χ1) is 17.0. The lowest BCUT2D eigenvalue weighted by molar-refractivity contribution is -0.00970. The molecule has 2 aromatic rings. The first-order valence-corrected chi connectivity index (χ1v) is 12.6. The van der Waals surface area contributed by atoms with Gasteiger partial charge in [0.2, 0.25) is 0 Å². The van der Waals surface area contributed by atoms with E-state index in [1.165, 1.54) is 13.2 Å². The van der Waals surface area contributed by atoms with Crippen LogP contribution in [0.4, 0.5) is 9.18 Å². The van der Waals surface area contributed by atoms with Gasteiger partial charge in [-0.25, -0.2) is 9.18 Å². The molecule has 1 amide bonds. The smallest absolute Gasteiger partial charge is 0.410 e. The molecule has 1 saturated heterocycles. The zero-order chi connectivity index (χ0) is 24.8. The molecule has 1 heterocycles. The molecule has 2 fully saturated rings. The minimum Gasteiger partial charge on any atom is -0.497 e. The van der Waals surface area contributed by atoms with Crippen molar-refractivity contribution < 1.29 is 23.4 Å². The molecule has 1 saturated carbocycles. The number of likely N-dealkylation sites (tertiary alicyclic amines) is 1. The Morgan fingerprint density at radius 1 is 1.09 bits per heavy atom.